The molecule has 4 aliphatic carbocycles. The summed E-state index contributed by atoms with van der Waals surface area (Å²) in [7, 11) is 1.50. The van der Waals surface area contributed by atoms with Gasteiger partial charge in [-0.1, -0.05) is 73.6 Å². The Hall–Kier alpha value is -0.0400. The van der Waals surface area contributed by atoms with Crippen LogP contribution in [0.3, 0.4) is 0 Å². The second-order valence-electron chi connectivity index (χ2n) is 11.7. The van der Waals surface area contributed by atoms with Gasteiger partial charge >= 0.3 is 0 Å². The van der Waals surface area contributed by atoms with Crippen molar-refractivity contribution in [3.63, 3.8) is 0 Å². The average molecular weight is 420 g/mol. The number of hydrogen-bond acceptors (Lipinski definition) is 1. The molecule has 4 saturated carbocycles. The van der Waals surface area contributed by atoms with E-state index in [0.29, 0.717) is 5.41 Å². The SMILES string of the molecule is CC.CC(C)C(C)CCCC1CCC2C3CCC4CCCCC4C3CCC12C.CN. The van der Waals surface area contributed by atoms with E-state index in [1.54, 1.807) is 57.8 Å². The third-order valence-corrected chi connectivity index (χ3v) is 10.4. The summed E-state index contributed by atoms with van der Waals surface area (Å²) in [6.45, 7) is 14.0. The van der Waals surface area contributed by atoms with Gasteiger partial charge in [-0.2, -0.15) is 0 Å². The Bertz CT molecular complexity index is 471. The number of rotatable bonds is 5. The summed E-state index contributed by atoms with van der Waals surface area (Å²) >= 11 is 0. The van der Waals surface area contributed by atoms with E-state index in [1.807, 2.05) is 13.8 Å². The molecule has 0 aromatic heterocycles. The monoisotopic (exact) mass is 419 g/mol. The van der Waals surface area contributed by atoms with E-state index in [0.717, 1.165) is 47.3 Å². The van der Waals surface area contributed by atoms with E-state index >= 15 is 0 Å². The van der Waals surface area contributed by atoms with Crippen LogP contribution in [0.5, 0.6) is 0 Å². The van der Waals surface area contributed by atoms with Gasteiger partial charge in [-0.25, -0.2) is 0 Å². The van der Waals surface area contributed by atoms with Gasteiger partial charge < -0.3 is 5.73 Å². The van der Waals surface area contributed by atoms with Crippen LogP contribution in [0.15, 0.2) is 0 Å². The summed E-state index contributed by atoms with van der Waals surface area (Å²) in [5, 5.41) is 0. The summed E-state index contributed by atoms with van der Waals surface area (Å²) in [6.07, 6.45) is 20.2. The highest BCUT2D eigenvalue weighted by molar-refractivity contribution is 5.05. The molecule has 0 spiro atoms. The second kappa shape index (κ2) is 12.3. The molecule has 0 radical (unpaired) electrons. The Morgan fingerprint density at radius 1 is 0.800 bits per heavy atom. The summed E-state index contributed by atoms with van der Waals surface area (Å²) in [5.74, 6) is 8.44. The van der Waals surface area contributed by atoms with E-state index in [1.165, 1.54) is 32.7 Å². The van der Waals surface area contributed by atoms with Crippen molar-refractivity contribution in [3.8, 4) is 0 Å². The fourth-order valence-electron chi connectivity index (χ4n) is 8.43. The Morgan fingerprint density at radius 3 is 2.20 bits per heavy atom. The minimum atomic E-state index is 0.712. The van der Waals surface area contributed by atoms with Gasteiger partial charge in [0.05, 0.1) is 0 Å². The van der Waals surface area contributed by atoms with Crippen molar-refractivity contribution in [2.45, 2.75) is 125 Å². The Labute approximate surface area is 190 Å². The van der Waals surface area contributed by atoms with E-state index in [-0.39, 0.29) is 0 Å². The number of nitrogens with two attached hydrogens (primary N) is 1. The molecule has 0 aliphatic heterocycles. The van der Waals surface area contributed by atoms with Gasteiger partial charge in [0, 0.05) is 0 Å². The lowest BCUT2D eigenvalue weighted by Crippen LogP contribution is -2.48. The molecule has 30 heavy (non-hydrogen) atoms. The quantitative estimate of drug-likeness (QED) is 0.473. The zero-order chi connectivity index (χ0) is 22.3. The molecule has 0 aromatic rings. The molecule has 4 rings (SSSR count). The van der Waals surface area contributed by atoms with Gasteiger partial charge in [0.15, 0.2) is 0 Å². The van der Waals surface area contributed by atoms with Crippen LogP contribution in [-0.4, -0.2) is 7.05 Å². The highest BCUT2D eigenvalue weighted by atomic mass is 14.6. The molecule has 4 aliphatic rings. The molecule has 1 nitrogen and oxygen atoms in total. The lowest BCUT2D eigenvalue weighted by Gasteiger charge is -2.56. The van der Waals surface area contributed by atoms with Crippen molar-refractivity contribution < 1.29 is 0 Å². The molecule has 0 heterocycles. The summed E-state index contributed by atoms with van der Waals surface area (Å²) in [6, 6.07) is 0. The lowest BCUT2D eigenvalue weighted by molar-refractivity contribution is -0.0631. The standard InChI is InChI=1S/C26H46.C2H6.CH5N/c1-18(2)19(3)8-7-10-21-13-15-25-24-14-12-20-9-5-6-11-22(20)23(24)16-17-26(21,25)4;2*1-2/h18-25H,5-17H2,1-4H3;1-2H3;2H2,1H3. The second-order valence-corrected chi connectivity index (χ2v) is 11.7. The third-order valence-electron chi connectivity index (χ3n) is 10.4. The molecule has 8 unspecified atom stereocenters. The largest absolute Gasteiger partial charge is 0.333 e. The molecular weight excluding hydrogens is 362 g/mol. The van der Waals surface area contributed by atoms with Crippen molar-refractivity contribution in [1.82, 2.24) is 0 Å². The first kappa shape index (κ1) is 26.2. The topological polar surface area (TPSA) is 26.0 Å². The molecule has 1 heteroatoms. The van der Waals surface area contributed by atoms with Crippen LogP contribution in [0, 0.1) is 52.8 Å². The van der Waals surface area contributed by atoms with Gasteiger partial charge in [-0.05, 0) is 111 Å². The molecule has 0 bridgehead atoms. The first-order valence-electron chi connectivity index (χ1n) is 14.1. The fourth-order valence-corrected chi connectivity index (χ4v) is 8.43. The van der Waals surface area contributed by atoms with Crippen molar-refractivity contribution in [2.75, 3.05) is 7.05 Å². The molecule has 178 valence electrons. The van der Waals surface area contributed by atoms with Crippen LogP contribution in [0.1, 0.15) is 125 Å². The van der Waals surface area contributed by atoms with Crippen molar-refractivity contribution in [3.05, 3.63) is 0 Å². The Kier molecular flexibility index (Phi) is 10.7. The molecule has 8 atom stereocenters. The number of fused-ring (bicyclic) bond motifs is 5. The molecule has 4 fully saturated rings. The first-order valence-corrected chi connectivity index (χ1v) is 14.1. The van der Waals surface area contributed by atoms with Crippen LogP contribution in [0.2, 0.25) is 0 Å². The minimum Gasteiger partial charge on any atom is -0.333 e. The first-order chi connectivity index (χ1) is 14.5. The van der Waals surface area contributed by atoms with Gasteiger partial charge in [0.25, 0.3) is 0 Å². The zero-order valence-electron chi connectivity index (χ0n) is 21.9. The van der Waals surface area contributed by atoms with E-state index in [2.05, 4.69) is 33.4 Å². The van der Waals surface area contributed by atoms with Gasteiger partial charge in [-0.15, -0.1) is 0 Å². The summed E-state index contributed by atoms with van der Waals surface area (Å²) in [4.78, 5) is 0. The third kappa shape index (κ3) is 5.47. The molecule has 0 saturated heterocycles. The molecule has 2 N–H and O–H groups in total. The normalized spacial score (nSPS) is 40.7. The van der Waals surface area contributed by atoms with E-state index < -0.39 is 0 Å². The smallest absolute Gasteiger partial charge is 0.0195 e. The maximum atomic E-state index is 4.50. The van der Waals surface area contributed by atoms with Gasteiger partial charge in [0.1, 0.15) is 0 Å². The Balaban J connectivity index is 0.000000757. The van der Waals surface area contributed by atoms with Crippen LogP contribution in [0.4, 0.5) is 0 Å². The van der Waals surface area contributed by atoms with Crippen molar-refractivity contribution in [2.24, 2.45) is 58.5 Å². The van der Waals surface area contributed by atoms with Crippen LogP contribution in [-0.2, 0) is 0 Å². The highest BCUT2D eigenvalue weighted by Crippen LogP contribution is 2.64. The summed E-state index contributed by atoms with van der Waals surface area (Å²) < 4.78 is 0. The van der Waals surface area contributed by atoms with Gasteiger partial charge in [0.2, 0.25) is 0 Å². The van der Waals surface area contributed by atoms with Crippen molar-refractivity contribution in [1.29, 1.82) is 0 Å². The predicted octanol–water partition coefficient (Wildman–Crippen LogP) is 8.71. The zero-order valence-corrected chi connectivity index (χ0v) is 21.9. The molecule has 0 aromatic carbocycles. The average Bonchev–Trinajstić information content (AvgIpc) is 3.12. The molecular formula is C29H57N. The van der Waals surface area contributed by atoms with Crippen molar-refractivity contribution >= 4 is 0 Å². The predicted molar refractivity (Wildman–Crippen MR) is 135 cm³/mol. The highest BCUT2D eigenvalue weighted by Gasteiger charge is 2.56. The summed E-state index contributed by atoms with van der Waals surface area (Å²) in [5.41, 5.74) is 5.21. The number of hydrogen-bond donors (Lipinski definition) is 1. The van der Waals surface area contributed by atoms with Crippen LogP contribution in [0.25, 0.3) is 0 Å². The lowest BCUT2D eigenvalue weighted by atomic mass is 9.49. The van der Waals surface area contributed by atoms with E-state index in [9.17, 15) is 0 Å². The Morgan fingerprint density at radius 2 is 1.50 bits per heavy atom. The van der Waals surface area contributed by atoms with E-state index in [4.69, 9.17) is 0 Å². The van der Waals surface area contributed by atoms with Crippen LogP contribution < -0.4 is 5.73 Å². The minimum absolute atomic E-state index is 0.712. The van der Waals surface area contributed by atoms with Gasteiger partial charge in [-0.3, -0.25) is 0 Å². The fraction of sp³-hybridized carbons (Fsp3) is 1.00. The maximum Gasteiger partial charge on any atom is -0.0195 e. The molecule has 0 amide bonds. The van der Waals surface area contributed by atoms with Crippen LogP contribution >= 0.6 is 0 Å². The maximum absolute atomic E-state index is 4.50.